The van der Waals surface area contributed by atoms with Crippen molar-refractivity contribution in [2.45, 2.75) is 13.5 Å². The second kappa shape index (κ2) is 6.53. The van der Waals surface area contributed by atoms with Gasteiger partial charge < -0.3 is 5.32 Å². The molecule has 0 fully saturated rings. The number of hydrogen-bond donors (Lipinski definition) is 2. The van der Waals surface area contributed by atoms with E-state index in [0.29, 0.717) is 16.4 Å². The third-order valence-corrected chi connectivity index (χ3v) is 3.61. The number of aryl methyl sites for hydroxylation is 1. The number of benzene rings is 1. The molecule has 7 heteroatoms. The van der Waals surface area contributed by atoms with Gasteiger partial charge in [0.05, 0.1) is 0 Å². The van der Waals surface area contributed by atoms with Crippen LogP contribution in [0.15, 0.2) is 48.7 Å². The van der Waals surface area contributed by atoms with Gasteiger partial charge in [-0.25, -0.2) is 4.98 Å². The van der Waals surface area contributed by atoms with Gasteiger partial charge in [-0.2, -0.15) is 5.10 Å². The number of nitrogens with one attached hydrogen (secondary N) is 2. The van der Waals surface area contributed by atoms with Crippen LogP contribution >= 0.6 is 12.2 Å². The van der Waals surface area contributed by atoms with E-state index in [4.69, 9.17) is 12.2 Å². The Morgan fingerprint density at radius 3 is 2.74 bits per heavy atom. The van der Waals surface area contributed by atoms with Crippen LogP contribution in [0.1, 0.15) is 5.56 Å². The van der Waals surface area contributed by atoms with Gasteiger partial charge in [0.25, 0.3) is 0 Å². The first kappa shape index (κ1) is 15.1. The van der Waals surface area contributed by atoms with Gasteiger partial charge in [-0.1, -0.05) is 35.9 Å². The summed E-state index contributed by atoms with van der Waals surface area (Å²) in [6.07, 6.45) is 1.62. The number of aromatic amines is 1. The molecule has 0 aliphatic carbocycles. The van der Waals surface area contributed by atoms with Gasteiger partial charge in [0.15, 0.2) is 10.6 Å². The van der Waals surface area contributed by atoms with E-state index in [1.165, 1.54) is 0 Å². The number of rotatable bonds is 4. The largest absolute Gasteiger partial charge is 0.309 e. The standard InChI is InChI=1S/C16H15N5OS/c1-11-5-7-12(8-6-11)15-19-20-16(23)21(15)10-14(22)18-13-4-2-3-9-17-13/h2-9H,10H2,1H3,(H,20,23)(H,17,18,22). The van der Waals surface area contributed by atoms with Crippen LogP contribution in [0.2, 0.25) is 0 Å². The normalized spacial score (nSPS) is 10.5. The van der Waals surface area contributed by atoms with Crippen molar-refractivity contribution in [3.63, 3.8) is 0 Å². The minimum absolute atomic E-state index is 0.0646. The Morgan fingerprint density at radius 2 is 2.04 bits per heavy atom. The molecule has 2 heterocycles. The van der Waals surface area contributed by atoms with E-state index < -0.39 is 0 Å². The van der Waals surface area contributed by atoms with E-state index in [2.05, 4.69) is 20.5 Å². The molecule has 6 nitrogen and oxygen atoms in total. The molecule has 0 saturated carbocycles. The van der Waals surface area contributed by atoms with Gasteiger partial charge in [-0.05, 0) is 31.3 Å². The molecule has 0 unspecified atom stereocenters. The monoisotopic (exact) mass is 325 g/mol. The highest BCUT2D eigenvalue weighted by Gasteiger charge is 2.12. The average Bonchev–Trinajstić information content (AvgIpc) is 2.90. The fraction of sp³-hybridized carbons (Fsp3) is 0.125. The third kappa shape index (κ3) is 3.51. The molecule has 3 aromatic rings. The Morgan fingerprint density at radius 1 is 1.26 bits per heavy atom. The van der Waals surface area contributed by atoms with Crippen molar-refractivity contribution in [3.05, 3.63) is 59.0 Å². The maximum Gasteiger partial charge on any atom is 0.245 e. The molecule has 2 aromatic heterocycles. The maximum absolute atomic E-state index is 12.2. The molecule has 0 spiro atoms. The highest BCUT2D eigenvalue weighted by molar-refractivity contribution is 7.71. The van der Waals surface area contributed by atoms with Crippen molar-refractivity contribution >= 4 is 23.9 Å². The second-order valence-electron chi connectivity index (χ2n) is 5.07. The van der Waals surface area contributed by atoms with Crippen LogP contribution in [0.3, 0.4) is 0 Å². The van der Waals surface area contributed by atoms with Crippen molar-refractivity contribution in [2.75, 3.05) is 5.32 Å². The summed E-state index contributed by atoms with van der Waals surface area (Å²) < 4.78 is 2.06. The number of amides is 1. The lowest BCUT2D eigenvalue weighted by molar-refractivity contribution is -0.116. The summed E-state index contributed by atoms with van der Waals surface area (Å²) in [5, 5.41) is 9.70. The zero-order valence-electron chi connectivity index (χ0n) is 12.5. The second-order valence-corrected chi connectivity index (χ2v) is 5.45. The van der Waals surface area contributed by atoms with Crippen molar-refractivity contribution < 1.29 is 4.79 Å². The number of anilines is 1. The summed E-state index contributed by atoms with van der Waals surface area (Å²) in [6, 6.07) is 13.2. The molecule has 1 amide bonds. The van der Waals surface area contributed by atoms with E-state index in [-0.39, 0.29) is 12.5 Å². The van der Waals surface area contributed by atoms with Gasteiger partial charge in [-0.15, -0.1) is 0 Å². The zero-order chi connectivity index (χ0) is 16.2. The summed E-state index contributed by atoms with van der Waals surface area (Å²) in [5.41, 5.74) is 2.05. The molecular weight excluding hydrogens is 310 g/mol. The van der Waals surface area contributed by atoms with Crippen LogP contribution in [-0.4, -0.2) is 25.7 Å². The number of carbonyl (C=O) groups is 1. The lowest BCUT2D eigenvalue weighted by Crippen LogP contribution is -2.20. The van der Waals surface area contributed by atoms with Gasteiger partial charge in [0.2, 0.25) is 5.91 Å². The van der Waals surface area contributed by atoms with E-state index in [9.17, 15) is 4.79 Å². The summed E-state index contributed by atoms with van der Waals surface area (Å²) in [5.74, 6) is 0.921. The van der Waals surface area contributed by atoms with Crippen LogP contribution in [-0.2, 0) is 11.3 Å². The van der Waals surface area contributed by atoms with Crippen molar-refractivity contribution in [1.82, 2.24) is 19.7 Å². The molecule has 23 heavy (non-hydrogen) atoms. The van der Waals surface area contributed by atoms with Crippen LogP contribution in [0.4, 0.5) is 5.82 Å². The van der Waals surface area contributed by atoms with Crippen LogP contribution in [0.5, 0.6) is 0 Å². The molecule has 2 N–H and O–H groups in total. The lowest BCUT2D eigenvalue weighted by Gasteiger charge is -2.08. The summed E-state index contributed by atoms with van der Waals surface area (Å²) in [7, 11) is 0. The van der Waals surface area contributed by atoms with Crippen molar-refractivity contribution in [3.8, 4) is 11.4 Å². The molecule has 116 valence electrons. The number of aromatic nitrogens is 4. The lowest BCUT2D eigenvalue weighted by atomic mass is 10.1. The highest BCUT2D eigenvalue weighted by atomic mass is 32.1. The topological polar surface area (TPSA) is 75.6 Å². The quantitative estimate of drug-likeness (QED) is 0.723. The minimum Gasteiger partial charge on any atom is -0.309 e. The van der Waals surface area contributed by atoms with E-state index in [1.807, 2.05) is 37.3 Å². The predicted molar refractivity (Wildman–Crippen MR) is 90.5 cm³/mol. The summed E-state index contributed by atoms with van der Waals surface area (Å²) >= 11 is 5.23. The molecular formula is C16H15N5OS. The average molecular weight is 325 g/mol. The van der Waals surface area contributed by atoms with E-state index in [0.717, 1.165) is 11.1 Å². The molecule has 0 saturated heterocycles. The Kier molecular flexibility index (Phi) is 4.29. The Hall–Kier alpha value is -2.80. The third-order valence-electron chi connectivity index (χ3n) is 3.30. The minimum atomic E-state index is -0.213. The van der Waals surface area contributed by atoms with Crippen LogP contribution < -0.4 is 5.32 Å². The summed E-state index contributed by atoms with van der Waals surface area (Å²) in [6.45, 7) is 2.08. The maximum atomic E-state index is 12.2. The number of H-pyrrole nitrogens is 1. The van der Waals surface area contributed by atoms with Gasteiger partial charge in [-0.3, -0.25) is 14.5 Å². The highest BCUT2D eigenvalue weighted by Crippen LogP contribution is 2.18. The van der Waals surface area contributed by atoms with Gasteiger partial charge in [0.1, 0.15) is 12.4 Å². The molecule has 0 atom stereocenters. The fourth-order valence-electron chi connectivity index (χ4n) is 2.15. The van der Waals surface area contributed by atoms with Crippen LogP contribution in [0.25, 0.3) is 11.4 Å². The molecule has 3 rings (SSSR count). The Balaban J connectivity index is 1.83. The first-order chi connectivity index (χ1) is 11.1. The van der Waals surface area contributed by atoms with E-state index >= 15 is 0 Å². The van der Waals surface area contributed by atoms with Crippen molar-refractivity contribution in [1.29, 1.82) is 0 Å². The first-order valence-electron chi connectivity index (χ1n) is 7.06. The van der Waals surface area contributed by atoms with Gasteiger partial charge >= 0.3 is 0 Å². The molecule has 0 bridgehead atoms. The predicted octanol–water partition coefficient (Wildman–Crippen LogP) is 2.95. The van der Waals surface area contributed by atoms with Crippen molar-refractivity contribution in [2.24, 2.45) is 0 Å². The Bertz CT molecular complexity index is 867. The SMILES string of the molecule is Cc1ccc(-c2n[nH]c(=S)n2CC(=O)Nc2ccccn2)cc1. The van der Waals surface area contributed by atoms with E-state index in [1.54, 1.807) is 22.9 Å². The molecule has 0 aliphatic heterocycles. The fourth-order valence-corrected chi connectivity index (χ4v) is 2.35. The first-order valence-corrected chi connectivity index (χ1v) is 7.47. The number of hydrogen-bond acceptors (Lipinski definition) is 4. The Labute approximate surface area is 138 Å². The van der Waals surface area contributed by atoms with Crippen LogP contribution in [0, 0.1) is 11.7 Å². The zero-order valence-corrected chi connectivity index (χ0v) is 13.3. The number of nitrogens with zero attached hydrogens (tertiary/aromatic N) is 3. The molecule has 0 aliphatic rings. The molecule has 1 aromatic carbocycles. The number of carbonyl (C=O) groups excluding carboxylic acids is 1. The number of pyridine rings is 1. The van der Waals surface area contributed by atoms with Gasteiger partial charge in [0, 0.05) is 11.8 Å². The summed E-state index contributed by atoms with van der Waals surface area (Å²) in [4.78, 5) is 16.3. The molecule has 0 radical (unpaired) electrons. The smallest absolute Gasteiger partial charge is 0.245 e.